The zero-order valence-corrected chi connectivity index (χ0v) is 21.9. The Bertz CT molecular complexity index is 1590. The molecule has 2 unspecified atom stereocenters. The van der Waals surface area contributed by atoms with Gasteiger partial charge in [0.1, 0.15) is 5.75 Å². The number of fused-ring (bicyclic) bond motifs is 4. The molecule has 6 nitrogen and oxygen atoms in total. The van der Waals surface area contributed by atoms with Crippen molar-refractivity contribution >= 4 is 33.5 Å². The Morgan fingerprint density at radius 2 is 1.67 bits per heavy atom. The van der Waals surface area contributed by atoms with Crippen LogP contribution in [0.3, 0.4) is 0 Å². The summed E-state index contributed by atoms with van der Waals surface area (Å²) in [5, 5.41) is 17.1. The van der Waals surface area contributed by atoms with Crippen LogP contribution >= 0.6 is 0 Å². The number of anilines is 1. The molecule has 0 spiro atoms. The fourth-order valence-electron chi connectivity index (χ4n) is 5.89. The smallest absolute Gasteiger partial charge is 0.269 e. The number of non-ortho nitro benzene ring substituents is 1. The third kappa shape index (κ3) is 4.67. The molecule has 0 saturated carbocycles. The number of nitro benzene ring substituents is 1. The number of allylic oxidation sites excluding steroid dienone is 1. The molecule has 0 saturated heterocycles. The van der Waals surface area contributed by atoms with Crippen molar-refractivity contribution < 1.29 is 14.5 Å². The summed E-state index contributed by atoms with van der Waals surface area (Å²) in [6.45, 7) is 2.85. The van der Waals surface area contributed by atoms with Gasteiger partial charge in [-0.15, -0.1) is 0 Å². The number of rotatable bonds is 7. The average molecular weight is 519 g/mol. The number of nitro groups is 1. The van der Waals surface area contributed by atoms with E-state index in [4.69, 9.17) is 4.74 Å². The van der Waals surface area contributed by atoms with Gasteiger partial charge in [-0.2, -0.15) is 0 Å². The van der Waals surface area contributed by atoms with Gasteiger partial charge >= 0.3 is 0 Å². The van der Waals surface area contributed by atoms with Crippen LogP contribution in [0.15, 0.2) is 90.5 Å². The number of nitrogens with one attached hydrogen (secondary N) is 1. The van der Waals surface area contributed by atoms with Gasteiger partial charge in [-0.25, -0.2) is 0 Å². The first-order chi connectivity index (χ1) is 19.0. The third-order valence-corrected chi connectivity index (χ3v) is 7.88. The van der Waals surface area contributed by atoms with Gasteiger partial charge in [0.15, 0.2) is 5.78 Å². The average Bonchev–Trinajstić information content (AvgIpc) is 2.97. The number of hydrogen-bond donors (Lipinski definition) is 1. The van der Waals surface area contributed by atoms with Gasteiger partial charge in [0.2, 0.25) is 0 Å². The lowest BCUT2D eigenvalue weighted by atomic mass is 9.71. The van der Waals surface area contributed by atoms with Crippen LogP contribution in [0.4, 0.5) is 11.4 Å². The number of carbonyl (C=O) groups excluding carboxylic acids is 1. The Balaban J connectivity index is 1.42. The zero-order chi connectivity index (χ0) is 26.9. The van der Waals surface area contributed by atoms with E-state index in [1.807, 2.05) is 24.3 Å². The van der Waals surface area contributed by atoms with Crippen molar-refractivity contribution in [1.29, 1.82) is 0 Å². The fourth-order valence-corrected chi connectivity index (χ4v) is 5.89. The van der Waals surface area contributed by atoms with Crippen LogP contribution in [0.25, 0.3) is 16.3 Å². The molecule has 1 N–H and O–H groups in total. The summed E-state index contributed by atoms with van der Waals surface area (Å²) in [6.07, 6.45) is 3.27. The van der Waals surface area contributed by atoms with Crippen LogP contribution in [0, 0.1) is 10.1 Å². The summed E-state index contributed by atoms with van der Waals surface area (Å²) in [7, 11) is 0. The van der Waals surface area contributed by atoms with E-state index < -0.39 is 4.92 Å². The van der Waals surface area contributed by atoms with Crippen LogP contribution < -0.4 is 10.1 Å². The summed E-state index contributed by atoms with van der Waals surface area (Å²) in [4.78, 5) is 24.8. The molecule has 2 atom stereocenters. The molecule has 6 heteroatoms. The molecule has 0 radical (unpaired) electrons. The van der Waals surface area contributed by atoms with Crippen LogP contribution in [0.2, 0.25) is 0 Å². The second kappa shape index (κ2) is 10.4. The Labute approximate surface area is 227 Å². The van der Waals surface area contributed by atoms with Gasteiger partial charge in [0.05, 0.1) is 17.6 Å². The normalized spacial score (nSPS) is 18.3. The molecule has 0 aromatic heterocycles. The highest BCUT2D eigenvalue weighted by Crippen LogP contribution is 2.51. The number of unbranched alkanes of at least 4 members (excludes halogenated alkanes) is 1. The molecule has 196 valence electrons. The van der Waals surface area contributed by atoms with E-state index in [1.165, 1.54) is 12.1 Å². The van der Waals surface area contributed by atoms with Gasteiger partial charge in [-0.1, -0.05) is 55.8 Å². The number of carbonyl (C=O) groups is 1. The van der Waals surface area contributed by atoms with Gasteiger partial charge in [-0.05, 0) is 76.6 Å². The second-order valence-corrected chi connectivity index (χ2v) is 10.3. The maximum absolute atomic E-state index is 13.9. The van der Waals surface area contributed by atoms with E-state index >= 15 is 0 Å². The van der Waals surface area contributed by atoms with E-state index in [2.05, 4.69) is 48.6 Å². The van der Waals surface area contributed by atoms with Crippen molar-refractivity contribution in [3.8, 4) is 5.75 Å². The highest BCUT2D eigenvalue weighted by molar-refractivity contribution is 6.13. The minimum Gasteiger partial charge on any atom is -0.494 e. The van der Waals surface area contributed by atoms with Gasteiger partial charge in [0, 0.05) is 35.4 Å². The molecular weight excluding hydrogens is 488 g/mol. The summed E-state index contributed by atoms with van der Waals surface area (Å²) in [5.74, 6) is 1.02. The van der Waals surface area contributed by atoms with E-state index in [1.54, 1.807) is 12.1 Å². The Morgan fingerprint density at radius 1 is 0.923 bits per heavy atom. The highest BCUT2D eigenvalue weighted by atomic mass is 16.6. The first-order valence-corrected chi connectivity index (χ1v) is 13.6. The fraction of sp³-hybridized carbons (Fsp3) is 0.242. The molecule has 4 aromatic carbocycles. The van der Waals surface area contributed by atoms with Crippen LogP contribution in [0.5, 0.6) is 5.75 Å². The molecule has 1 heterocycles. The summed E-state index contributed by atoms with van der Waals surface area (Å²) in [5.41, 5.74) is 5.89. The van der Waals surface area contributed by atoms with E-state index in [0.717, 1.165) is 69.3 Å². The molecule has 0 bridgehead atoms. The maximum atomic E-state index is 13.9. The molecule has 0 fully saturated rings. The Kier molecular flexibility index (Phi) is 6.61. The Hall–Kier alpha value is -4.45. The van der Waals surface area contributed by atoms with Crippen LogP contribution in [-0.4, -0.2) is 17.3 Å². The summed E-state index contributed by atoms with van der Waals surface area (Å²) >= 11 is 0. The molecule has 1 aliphatic carbocycles. The number of Topliss-reactive ketones (excluding diaryl/α,β-unsaturated/α-hetero) is 1. The molecule has 6 rings (SSSR count). The topological polar surface area (TPSA) is 81.5 Å². The second-order valence-electron chi connectivity index (χ2n) is 10.3. The molecule has 1 aliphatic heterocycles. The van der Waals surface area contributed by atoms with Gasteiger partial charge < -0.3 is 10.1 Å². The zero-order valence-electron chi connectivity index (χ0n) is 21.9. The van der Waals surface area contributed by atoms with E-state index in [-0.39, 0.29) is 23.4 Å². The van der Waals surface area contributed by atoms with Gasteiger partial charge in [-0.3, -0.25) is 14.9 Å². The van der Waals surface area contributed by atoms with Crippen molar-refractivity contribution in [3.05, 3.63) is 117 Å². The van der Waals surface area contributed by atoms with Crippen molar-refractivity contribution in [1.82, 2.24) is 0 Å². The van der Waals surface area contributed by atoms with E-state index in [0.29, 0.717) is 13.0 Å². The lowest BCUT2D eigenvalue weighted by molar-refractivity contribution is -0.384. The quantitative estimate of drug-likeness (QED) is 0.152. The standard InChI is InChI=1S/C33H30N2O4/c1-2-3-18-39-26-15-10-21(11-16-26)24-19-28-31-27-7-5-4-6-22(27)12-17-29(31)34-33(32(28)30(36)20-24)23-8-13-25(14-9-23)35(37)38/h4-17,24,33-34H,2-3,18-20H2,1H3. The summed E-state index contributed by atoms with van der Waals surface area (Å²) < 4.78 is 5.85. The van der Waals surface area contributed by atoms with Gasteiger partial charge in [0.25, 0.3) is 5.69 Å². The third-order valence-electron chi connectivity index (χ3n) is 7.88. The maximum Gasteiger partial charge on any atom is 0.269 e. The van der Waals surface area contributed by atoms with Crippen LogP contribution in [0.1, 0.15) is 61.3 Å². The number of benzene rings is 4. The van der Waals surface area contributed by atoms with E-state index in [9.17, 15) is 14.9 Å². The molecular formula is C33H30N2O4. The molecule has 39 heavy (non-hydrogen) atoms. The number of ketones is 1. The minimum atomic E-state index is -0.402. The van der Waals surface area contributed by atoms with Crippen LogP contribution in [-0.2, 0) is 4.79 Å². The Morgan fingerprint density at radius 3 is 2.41 bits per heavy atom. The first-order valence-electron chi connectivity index (χ1n) is 13.6. The number of hydrogen-bond acceptors (Lipinski definition) is 5. The highest BCUT2D eigenvalue weighted by Gasteiger charge is 2.38. The van der Waals surface area contributed by atoms with Crippen molar-refractivity contribution in [3.63, 3.8) is 0 Å². The predicted octanol–water partition coefficient (Wildman–Crippen LogP) is 7.99. The lowest BCUT2D eigenvalue weighted by Gasteiger charge is -2.37. The number of nitrogens with zero attached hydrogens (tertiary/aromatic N) is 1. The lowest BCUT2D eigenvalue weighted by Crippen LogP contribution is -2.29. The first kappa shape index (κ1) is 24.9. The van der Waals surface area contributed by atoms with Crippen molar-refractivity contribution in [2.45, 2.75) is 44.6 Å². The molecule has 4 aromatic rings. The minimum absolute atomic E-state index is 0.0345. The molecule has 2 aliphatic rings. The SMILES string of the molecule is CCCCOc1ccc(C2CC(=O)C3=C(C2)c2c(ccc4ccccc24)NC3c2ccc([N+](=O)[O-])cc2)cc1. The number of ether oxygens (including phenoxy) is 1. The predicted molar refractivity (Wildman–Crippen MR) is 154 cm³/mol. The van der Waals surface area contributed by atoms with Crippen molar-refractivity contribution in [2.75, 3.05) is 11.9 Å². The monoisotopic (exact) mass is 518 g/mol. The van der Waals surface area contributed by atoms with Crippen molar-refractivity contribution in [2.24, 2.45) is 0 Å². The summed E-state index contributed by atoms with van der Waals surface area (Å²) in [6, 6.07) is 26.8. The largest absolute Gasteiger partial charge is 0.494 e. The molecule has 0 amide bonds.